The molecule has 0 radical (unpaired) electrons. The Morgan fingerprint density at radius 2 is 2.06 bits per heavy atom. The number of carbonyl (C=O) groups excluding carboxylic acids is 1. The van der Waals surface area contributed by atoms with Crippen LogP contribution in [0, 0.1) is 6.92 Å². The Balaban J connectivity index is 2.31. The SMILES string of the molecule is CCCCCC(=O)c1cn(C)c2cc(C)ccc12. The summed E-state index contributed by atoms with van der Waals surface area (Å²) in [5, 5.41) is 1.09. The molecule has 0 aliphatic rings. The highest BCUT2D eigenvalue weighted by molar-refractivity contribution is 6.08. The molecule has 2 rings (SSSR count). The van der Waals surface area contributed by atoms with Crippen LogP contribution >= 0.6 is 0 Å². The quantitative estimate of drug-likeness (QED) is 0.568. The molecule has 0 N–H and O–H groups in total. The van der Waals surface area contributed by atoms with Gasteiger partial charge in [0.05, 0.1) is 0 Å². The molecular formula is C16H21NO. The third kappa shape index (κ3) is 2.47. The zero-order valence-corrected chi connectivity index (χ0v) is 11.5. The summed E-state index contributed by atoms with van der Waals surface area (Å²) in [7, 11) is 2.00. The molecule has 2 aromatic rings. The number of nitrogens with zero attached hydrogens (tertiary/aromatic N) is 1. The molecule has 2 nitrogen and oxygen atoms in total. The predicted molar refractivity (Wildman–Crippen MR) is 76.1 cm³/mol. The van der Waals surface area contributed by atoms with E-state index in [1.54, 1.807) is 0 Å². The van der Waals surface area contributed by atoms with Crippen LogP contribution < -0.4 is 0 Å². The molecule has 96 valence electrons. The van der Waals surface area contributed by atoms with Crippen molar-refractivity contribution in [2.24, 2.45) is 7.05 Å². The first-order chi connectivity index (χ1) is 8.63. The zero-order chi connectivity index (χ0) is 13.1. The fourth-order valence-corrected chi connectivity index (χ4v) is 2.39. The first-order valence-corrected chi connectivity index (χ1v) is 6.72. The van der Waals surface area contributed by atoms with E-state index in [9.17, 15) is 4.79 Å². The fraction of sp³-hybridized carbons (Fsp3) is 0.438. The third-order valence-corrected chi connectivity index (χ3v) is 3.45. The molecule has 0 bridgehead atoms. The van der Waals surface area contributed by atoms with Crippen molar-refractivity contribution in [3.63, 3.8) is 0 Å². The van der Waals surface area contributed by atoms with Crippen molar-refractivity contribution in [2.45, 2.75) is 39.5 Å². The Morgan fingerprint density at radius 1 is 1.28 bits per heavy atom. The molecule has 0 aliphatic carbocycles. The largest absolute Gasteiger partial charge is 0.350 e. The molecule has 0 unspecified atom stereocenters. The summed E-state index contributed by atoms with van der Waals surface area (Å²) in [4.78, 5) is 12.2. The van der Waals surface area contributed by atoms with Gasteiger partial charge in [0.15, 0.2) is 5.78 Å². The summed E-state index contributed by atoms with van der Waals surface area (Å²) in [6.07, 6.45) is 5.93. The molecule has 1 aromatic carbocycles. The fourth-order valence-electron chi connectivity index (χ4n) is 2.39. The van der Waals surface area contributed by atoms with E-state index in [2.05, 4.69) is 36.6 Å². The number of carbonyl (C=O) groups is 1. The van der Waals surface area contributed by atoms with Crippen molar-refractivity contribution in [1.82, 2.24) is 4.57 Å². The molecular weight excluding hydrogens is 222 g/mol. The Kier molecular flexibility index (Phi) is 3.85. The third-order valence-electron chi connectivity index (χ3n) is 3.45. The molecule has 2 heteroatoms. The van der Waals surface area contributed by atoms with Gasteiger partial charge < -0.3 is 4.57 Å². The summed E-state index contributed by atoms with van der Waals surface area (Å²) < 4.78 is 2.05. The van der Waals surface area contributed by atoms with Gasteiger partial charge in [-0.25, -0.2) is 0 Å². The number of ketones is 1. The van der Waals surface area contributed by atoms with Crippen LogP contribution in [0.25, 0.3) is 10.9 Å². The lowest BCUT2D eigenvalue weighted by Crippen LogP contribution is -1.97. The van der Waals surface area contributed by atoms with Crippen LogP contribution in [-0.2, 0) is 7.05 Å². The number of fused-ring (bicyclic) bond motifs is 1. The number of unbranched alkanes of at least 4 members (excludes halogenated alkanes) is 2. The van der Waals surface area contributed by atoms with Gasteiger partial charge in [-0.3, -0.25) is 4.79 Å². The number of Topliss-reactive ketones (excluding diaryl/α,β-unsaturated/α-hetero) is 1. The molecule has 18 heavy (non-hydrogen) atoms. The number of aryl methyl sites for hydroxylation is 2. The first-order valence-electron chi connectivity index (χ1n) is 6.72. The topological polar surface area (TPSA) is 22.0 Å². The van der Waals surface area contributed by atoms with Crippen LogP contribution in [0.5, 0.6) is 0 Å². The molecule has 1 heterocycles. The van der Waals surface area contributed by atoms with E-state index in [1.807, 2.05) is 13.2 Å². The van der Waals surface area contributed by atoms with Gasteiger partial charge in [-0.05, 0) is 25.0 Å². The van der Waals surface area contributed by atoms with E-state index in [0.29, 0.717) is 6.42 Å². The maximum atomic E-state index is 12.2. The second-order valence-corrected chi connectivity index (χ2v) is 5.05. The van der Waals surface area contributed by atoms with E-state index in [-0.39, 0.29) is 5.78 Å². The summed E-state index contributed by atoms with van der Waals surface area (Å²) >= 11 is 0. The highest BCUT2D eigenvalue weighted by atomic mass is 16.1. The lowest BCUT2D eigenvalue weighted by atomic mass is 10.0. The normalized spacial score (nSPS) is 11.1. The molecule has 0 aliphatic heterocycles. The van der Waals surface area contributed by atoms with E-state index < -0.39 is 0 Å². The van der Waals surface area contributed by atoms with Crippen LogP contribution in [-0.4, -0.2) is 10.4 Å². The molecule has 0 spiro atoms. The number of benzene rings is 1. The summed E-state index contributed by atoms with van der Waals surface area (Å²) in [5.41, 5.74) is 3.26. The molecule has 0 amide bonds. The second-order valence-electron chi connectivity index (χ2n) is 5.05. The maximum Gasteiger partial charge on any atom is 0.165 e. The highest BCUT2D eigenvalue weighted by Crippen LogP contribution is 2.23. The summed E-state index contributed by atoms with van der Waals surface area (Å²) in [6, 6.07) is 6.28. The second kappa shape index (κ2) is 5.38. The van der Waals surface area contributed by atoms with E-state index in [0.717, 1.165) is 35.7 Å². The van der Waals surface area contributed by atoms with Crippen LogP contribution in [0.2, 0.25) is 0 Å². The van der Waals surface area contributed by atoms with E-state index >= 15 is 0 Å². The molecule has 0 atom stereocenters. The number of hydrogen-bond donors (Lipinski definition) is 0. The highest BCUT2D eigenvalue weighted by Gasteiger charge is 2.13. The molecule has 1 aromatic heterocycles. The number of aromatic nitrogens is 1. The Bertz CT molecular complexity index is 566. The minimum atomic E-state index is 0.276. The van der Waals surface area contributed by atoms with Gasteiger partial charge in [-0.15, -0.1) is 0 Å². The van der Waals surface area contributed by atoms with E-state index in [4.69, 9.17) is 0 Å². The van der Waals surface area contributed by atoms with E-state index in [1.165, 1.54) is 5.56 Å². The van der Waals surface area contributed by atoms with Crippen molar-refractivity contribution in [3.8, 4) is 0 Å². The Morgan fingerprint density at radius 3 is 2.78 bits per heavy atom. The Labute approximate surface area is 109 Å². The monoisotopic (exact) mass is 243 g/mol. The van der Waals surface area contributed by atoms with Gasteiger partial charge in [-0.2, -0.15) is 0 Å². The van der Waals surface area contributed by atoms with Gasteiger partial charge in [0.25, 0.3) is 0 Å². The lowest BCUT2D eigenvalue weighted by Gasteiger charge is -1.99. The molecule has 0 fully saturated rings. The average Bonchev–Trinajstić information content (AvgIpc) is 2.67. The Hall–Kier alpha value is -1.57. The molecule has 0 saturated heterocycles. The van der Waals surface area contributed by atoms with Crippen LogP contribution in [0.15, 0.2) is 24.4 Å². The van der Waals surface area contributed by atoms with Gasteiger partial charge in [-0.1, -0.05) is 31.9 Å². The van der Waals surface area contributed by atoms with Crippen molar-refractivity contribution in [2.75, 3.05) is 0 Å². The smallest absolute Gasteiger partial charge is 0.165 e. The maximum absolute atomic E-state index is 12.2. The number of rotatable bonds is 5. The van der Waals surface area contributed by atoms with Crippen molar-refractivity contribution >= 4 is 16.7 Å². The predicted octanol–water partition coefficient (Wildman–Crippen LogP) is 4.25. The van der Waals surface area contributed by atoms with Crippen LogP contribution in [0.4, 0.5) is 0 Å². The lowest BCUT2D eigenvalue weighted by molar-refractivity contribution is 0.0980. The molecule has 0 saturated carbocycles. The zero-order valence-electron chi connectivity index (χ0n) is 11.5. The van der Waals surface area contributed by atoms with Gasteiger partial charge in [0.1, 0.15) is 0 Å². The first kappa shape index (κ1) is 12.9. The minimum absolute atomic E-state index is 0.276. The minimum Gasteiger partial charge on any atom is -0.350 e. The van der Waals surface area contributed by atoms with Crippen molar-refractivity contribution in [3.05, 3.63) is 35.5 Å². The number of hydrogen-bond acceptors (Lipinski definition) is 1. The average molecular weight is 243 g/mol. The van der Waals surface area contributed by atoms with Crippen LogP contribution in [0.3, 0.4) is 0 Å². The summed E-state index contributed by atoms with van der Waals surface area (Å²) in [6.45, 7) is 4.24. The van der Waals surface area contributed by atoms with Crippen molar-refractivity contribution < 1.29 is 4.79 Å². The van der Waals surface area contributed by atoms with Gasteiger partial charge in [0.2, 0.25) is 0 Å². The van der Waals surface area contributed by atoms with Gasteiger partial charge in [0, 0.05) is 36.1 Å². The van der Waals surface area contributed by atoms with Crippen LogP contribution in [0.1, 0.15) is 48.5 Å². The van der Waals surface area contributed by atoms with Crippen molar-refractivity contribution in [1.29, 1.82) is 0 Å². The van der Waals surface area contributed by atoms with Gasteiger partial charge >= 0.3 is 0 Å². The standard InChI is InChI=1S/C16H21NO/c1-4-5-6-7-16(18)14-11-17(3)15-10-12(2)8-9-13(14)15/h8-11H,4-7H2,1-3H3. The summed E-state index contributed by atoms with van der Waals surface area (Å²) in [5.74, 6) is 0.276.